The minimum Gasteiger partial charge on any atom is -0.351 e. The number of carbonyl (C=O) groups excluding carboxylic acids is 1. The number of rotatable bonds is 4. The van der Waals surface area contributed by atoms with Crippen molar-refractivity contribution in [2.45, 2.75) is 24.0 Å². The van der Waals surface area contributed by atoms with E-state index >= 15 is 0 Å². The number of hydrogen-bond donors (Lipinski definition) is 1. The molecule has 1 aliphatic carbocycles. The van der Waals surface area contributed by atoms with E-state index in [-0.39, 0.29) is 10.7 Å². The molecule has 1 heterocycles. The van der Waals surface area contributed by atoms with Gasteiger partial charge in [0.05, 0.1) is 10.6 Å². The van der Waals surface area contributed by atoms with Crippen LogP contribution in [-0.2, 0) is 0 Å². The van der Waals surface area contributed by atoms with Crippen molar-refractivity contribution in [3.63, 3.8) is 0 Å². The molecule has 0 saturated heterocycles. The summed E-state index contributed by atoms with van der Waals surface area (Å²) in [5.41, 5.74) is 0.449. The van der Waals surface area contributed by atoms with Gasteiger partial charge in [0.15, 0.2) is 0 Å². The van der Waals surface area contributed by atoms with Crippen molar-refractivity contribution in [2.75, 3.05) is 12.8 Å². The first-order valence-corrected chi connectivity index (χ1v) is 7.20. The van der Waals surface area contributed by atoms with E-state index in [1.165, 1.54) is 25.5 Å². The van der Waals surface area contributed by atoms with Crippen LogP contribution in [0.1, 0.15) is 29.6 Å². The number of pyridine rings is 1. The first-order chi connectivity index (χ1) is 8.17. The van der Waals surface area contributed by atoms with Gasteiger partial charge in [0.2, 0.25) is 0 Å². The Morgan fingerprint density at radius 3 is 2.94 bits per heavy atom. The number of aromatic nitrogens is 1. The van der Waals surface area contributed by atoms with E-state index in [0.29, 0.717) is 17.1 Å². The lowest BCUT2D eigenvalue weighted by Crippen LogP contribution is -2.45. The molecule has 1 saturated carbocycles. The third-order valence-electron chi connectivity index (χ3n) is 3.28. The van der Waals surface area contributed by atoms with Crippen molar-refractivity contribution in [2.24, 2.45) is 0 Å². The molecule has 0 unspecified atom stereocenters. The molecular weight excluding hydrogens is 256 g/mol. The Balaban J connectivity index is 1.96. The fourth-order valence-electron chi connectivity index (χ4n) is 1.91. The Labute approximate surface area is 110 Å². The minimum absolute atomic E-state index is 0.136. The molecule has 1 fully saturated rings. The third kappa shape index (κ3) is 2.75. The van der Waals surface area contributed by atoms with Gasteiger partial charge in [0.25, 0.3) is 5.91 Å². The van der Waals surface area contributed by atoms with Crippen LogP contribution in [0.3, 0.4) is 0 Å². The van der Waals surface area contributed by atoms with Gasteiger partial charge in [-0.2, -0.15) is 11.8 Å². The SMILES string of the molecule is CSC1(CNC(=O)c2cnccc2Cl)CCC1. The van der Waals surface area contributed by atoms with E-state index in [1.54, 1.807) is 12.3 Å². The smallest absolute Gasteiger partial charge is 0.254 e. The fraction of sp³-hybridized carbons (Fsp3) is 0.500. The van der Waals surface area contributed by atoms with Gasteiger partial charge in [0.1, 0.15) is 0 Å². The molecule has 1 amide bonds. The van der Waals surface area contributed by atoms with Gasteiger partial charge >= 0.3 is 0 Å². The lowest BCUT2D eigenvalue weighted by atomic mass is 9.84. The van der Waals surface area contributed by atoms with Crippen molar-refractivity contribution >= 4 is 29.3 Å². The summed E-state index contributed by atoms with van der Waals surface area (Å²) < 4.78 is 0.240. The molecule has 0 aliphatic heterocycles. The molecule has 0 aromatic carbocycles. The standard InChI is InChI=1S/C12H15ClN2OS/c1-17-12(4-2-5-12)8-15-11(16)9-7-14-6-3-10(9)13/h3,6-7H,2,4-5,8H2,1H3,(H,15,16). The predicted molar refractivity (Wildman–Crippen MR) is 71.7 cm³/mol. The maximum absolute atomic E-state index is 11.9. The zero-order valence-electron chi connectivity index (χ0n) is 9.70. The van der Waals surface area contributed by atoms with Gasteiger partial charge in [-0.25, -0.2) is 0 Å². The maximum atomic E-state index is 11.9. The first kappa shape index (κ1) is 12.7. The van der Waals surface area contributed by atoms with Crippen LogP contribution in [0.4, 0.5) is 0 Å². The van der Waals surface area contributed by atoms with E-state index in [1.807, 2.05) is 11.8 Å². The first-order valence-electron chi connectivity index (χ1n) is 5.60. The van der Waals surface area contributed by atoms with Crippen LogP contribution in [0.25, 0.3) is 0 Å². The topological polar surface area (TPSA) is 42.0 Å². The van der Waals surface area contributed by atoms with Gasteiger partial charge in [-0.15, -0.1) is 0 Å². The van der Waals surface area contributed by atoms with Crippen molar-refractivity contribution in [1.29, 1.82) is 0 Å². The highest BCUT2D eigenvalue weighted by Crippen LogP contribution is 2.42. The Hall–Kier alpha value is -0.740. The molecular formula is C12H15ClN2OS. The summed E-state index contributed by atoms with van der Waals surface area (Å²) in [6.07, 6.45) is 8.79. The van der Waals surface area contributed by atoms with E-state index in [2.05, 4.69) is 16.6 Å². The number of thioether (sulfide) groups is 1. The number of nitrogens with zero attached hydrogens (tertiary/aromatic N) is 1. The number of halogens is 1. The average molecular weight is 271 g/mol. The van der Waals surface area contributed by atoms with Crippen LogP contribution >= 0.6 is 23.4 Å². The van der Waals surface area contributed by atoms with Crippen molar-refractivity contribution in [3.05, 3.63) is 29.0 Å². The number of hydrogen-bond acceptors (Lipinski definition) is 3. The van der Waals surface area contributed by atoms with Crippen LogP contribution in [-0.4, -0.2) is 28.4 Å². The normalized spacial score (nSPS) is 17.3. The Morgan fingerprint density at radius 2 is 2.41 bits per heavy atom. The molecule has 0 spiro atoms. The molecule has 1 aromatic heterocycles. The molecule has 2 rings (SSSR count). The van der Waals surface area contributed by atoms with Gasteiger partial charge in [-0.05, 0) is 25.2 Å². The molecule has 3 nitrogen and oxygen atoms in total. The summed E-state index contributed by atoms with van der Waals surface area (Å²) in [5.74, 6) is -0.136. The molecule has 0 radical (unpaired) electrons. The van der Waals surface area contributed by atoms with E-state index in [0.717, 1.165) is 0 Å². The van der Waals surface area contributed by atoms with Crippen molar-refractivity contribution in [1.82, 2.24) is 10.3 Å². The van der Waals surface area contributed by atoms with Crippen LogP contribution in [0.5, 0.6) is 0 Å². The molecule has 92 valence electrons. The number of carbonyl (C=O) groups is 1. The van der Waals surface area contributed by atoms with E-state index in [4.69, 9.17) is 11.6 Å². The second kappa shape index (κ2) is 5.27. The van der Waals surface area contributed by atoms with Gasteiger partial charge < -0.3 is 5.32 Å². The Morgan fingerprint density at radius 1 is 1.65 bits per heavy atom. The molecule has 17 heavy (non-hydrogen) atoms. The molecule has 1 N–H and O–H groups in total. The summed E-state index contributed by atoms with van der Waals surface area (Å²) >= 11 is 7.78. The maximum Gasteiger partial charge on any atom is 0.254 e. The van der Waals surface area contributed by atoms with Crippen LogP contribution < -0.4 is 5.32 Å². The predicted octanol–water partition coefficient (Wildman–Crippen LogP) is 2.75. The summed E-state index contributed by atoms with van der Waals surface area (Å²) in [6.45, 7) is 0.707. The average Bonchev–Trinajstić information content (AvgIpc) is 2.28. The molecule has 5 heteroatoms. The van der Waals surface area contributed by atoms with E-state index in [9.17, 15) is 4.79 Å². The van der Waals surface area contributed by atoms with Crippen molar-refractivity contribution < 1.29 is 4.79 Å². The largest absolute Gasteiger partial charge is 0.351 e. The molecule has 0 bridgehead atoms. The number of amides is 1. The van der Waals surface area contributed by atoms with Crippen LogP contribution in [0.2, 0.25) is 5.02 Å². The minimum atomic E-state index is -0.136. The lowest BCUT2D eigenvalue weighted by molar-refractivity contribution is 0.0943. The summed E-state index contributed by atoms with van der Waals surface area (Å²) in [5, 5.41) is 3.40. The summed E-state index contributed by atoms with van der Waals surface area (Å²) in [7, 11) is 0. The highest BCUT2D eigenvalue weighted by molar-refractivity contribution is 8.00. The van der Waals surface area contributed by atoms with E-state index < -0.39 is 0 Å². The summed E-state index contributed by atoms with van der Waals surface area (Å²) in [6, 6.07) is 1.63. The molecule has 1 aliphatic rings. The highest BCUT2D eigenvalue weighted by Gasteiger charge is 2.36. The second-order valence-electron chi connectivity index (χ2n) is 4.28. The summed E-state index contributed by atoms with van der Waals surface area (Å²) in [4.78, 5) is 15.8. The zero-order valence-corrected chi connectivity index (χ0v) is 11.3. The monoisotopic (exact) mass is 270 g/mol. The van der Waals surface area contributed by atoms with Crippen LogP contribution in [0.15, 0.2) is 18.5 Å². The zero-order chi connectivity index (χ0) is 12.3. The second-order valence-corrected chi connectivity index (χ2v) is 5.96. The fourth-order valence-corrected chi connectivity index (χ4v) is 3.01. The third-order valence-corrected chi connectivity index (χ3v) is 5.03. The van der Waals surface area contributed by atoms with Crippen molar-refractivity contribution in [3.8, 4) is 0 Å². The Bertz CT molecular complexity index is 415. The van der Waals surface area contributed by atoms with Gasteiger partial charge in [-0.3, -0.25) is 9.78 Å². The van der Waals surface area contributed by atoms with Crippen LogP contribution in [0, 0.1) is 0 Å². The van der Waals surface area contributed by atoms with Gasteiger partial charge in [-0.1, -0.05) is 18.0 Å². The van der Waals surface area contributed by atoms with Gasteiger partial charge in [0, 0.05) is 23.7 Å². The quantitative estimate of drug-likeness (QED) is 0.915. The molecule has 0 atom stereocenters. The number of nitrogens with one attached hydrogen (secondary N) is 1. The molecule has 1 aromatic rings. The highest BCUT2D eigenvalue weighted by atomic mass is 35.5. The lowest BCUT2D eigenvalue weighted by Gasteiger charge is -2.40. The Kier molecular flexibility index (Phi) is 3.94.